The van der Waals surface area contributed by atoms with E-state index in [9.17, 15) is 14.0 Å². The van der Waals surface area contributed by atoms with Gasteiger partial charge in [-0.05, 0) is 19.1 Å². The van der Waals surface area contributed by atoms with Crippen molar-refractivity contribution in [2.24, 2.45) is 5.92 Å². The highest BCUT2D eigenvalue weighted by Crippen LogP contribution is 2.24. The van der Waals surface area contributed by atoms with E-state index in [0.717, 1.165) is 6.07 Å². The zero-order valence-electron chi connectivity index (χ0n) is 9.82. The number of methoxy groups -OCH3 is 2. The van der Waals surface area contributed by atoms with E-state index in [4.69, 9.17) is 4.74 Å². The van der Waals surface area contributed by atoms with E-state index in [1.165, 1.54) is 33.3 Å². The zero-order chi connectivity index (χ0) is 13.0. The van der Waals surface area contributed by atoms with Gasteiger partial charge in [0.05, 0.1) is 19.8 Å². The second-order valence-corrected chi connectivity index (χ2v) is 3.43. The lowest BCUT2D eigenvalue weighted by molar-refractivity contribution is -0.143. The average molecular weight is 240 g/mol. The van der Waals surface area contributed by atoms with Gasteiger partial charge in [-0.25, -0.2) is 4.39 Å². The molecule has 0 saturated carbocycles. The first kappa shape index (κ1) is 13.2. The highest BCUT2D eigenvalue weighted by atomic mass is 19.1. The van der Waals surface area contributed by atoms with Crippen LogP contribution in [-0.2, 0) is 9.53 Å². The molecule has 1 unspecified atom stereocenters. The molecule has 0 N–H and O–H groups in total. The second-order valence-electron chi connectivity index (χ2n) is 3.43. The van der Waals surface area contributed by atoms with Crippen molar-refractivity contribution in [1.82, 2.24) is 0 Å². The molecule has 0 aliphatic carbocycles. The van der Waals surface area contributed by atoms with Crippen LogP contribution in [0.3, 0.4) is 0 Å². The van der Waals surface area contributed by atoms with Crippen LogP contribution in [0.15, 0.2) is 18.2 Å². The highest BCUT2D eigenvalue weighted by Gasteiger charge is 2.28. The van der Waals surface area contributed by atoms with Crippen molar-refractivity contribution in [3.63, 3.8) is 0 Å². The van der Waals surface area contributed by atoms with E-state index >= 15 is 0 Å². The molecule has 0 heterocycles. The summed E-state index contributed by atoms with van der Waals surface area (Å²) >= 11 is 0. The van der Waals surface area contributed by atoms with E-state index in [2.05, 4.69) is 4.74 Å². The number of hydrogen-bond acceptors (Lipinski definition) is 4. The predicted molar refractivity (Wildman–Crippen MR) is 58.5 cm³/mol. The van der Waals surface area contributed by atoms with Crippen molar-refractivity contribution in [3.05, 3.63) is 29.6 Å². The van der Waals surface area contributed by atoms with Gasteiger partial charge in [0.25, 0.3) is 0 Å². The van der Waals surface area contributed by atoms with Gasteiger partial charge in [-0.3, -0.25) is 9.59 Å². The normalized spacial score (nSPS) is 11.8. The van der Waals surface area contributed by atoms with Crippen LogP contribution in [0.5, 0.6) is 5.75 Å². The monoisotopic (exact) mass is 240 g/mol. The van der Waals surface area contributed by atoms with Crippen molar-refractivity contribution in [2.75, 3.05) is 14.2 Å². The Labute approximate surface area is 98.3 Å². The molecule has 1 atom stereocenters. The van der Waals surface area contributed by atoms with E-state index in [-0.39, 0.29) is 11.3 Å². The molecule has 0 aliphatic heterocycles. The van der Waals surface area contributed by atoms with Gasteiger partial charge in [0, 0.05) is 0 Å². The maximum absolute atomic E-state index is 13.6. The number of ether oxygens (including phenoxy) is 2. The van der Waals surface area contributed by atoms with Crippen molar-refractivity contribution >= 4 is 11.8 Å². The third-order valence-corrected chi connectivity index (χ3v) is 2.39. The van der Waals surface area contributed by atoms with Crippen molar-refractivity contribution in [2.45, 2.75) is 6.92 Å². The lowest BCUT2D eigenvalue weighted by Gasteiger charge is -2.12. The smallest absolute Gasteiger partial charge is 0.316 e. The van der Waals surface area contributed by atoms with Crippen LogP contribution < -0.4 is 4.74 Å². The van der Waals surface area contributed by atoms with E-state index in [1.54, 1.807) is 0 Å². The highest BCUT2D eigenvalue weighted by molar-refractivity contribution is 6.09. The van der Waals surface area contributed by atoms with Crippen LogP contribution in [0, 0.1) is 11.7 Å². The van der Waals surface area contributed by atoms with Gasteiger partial charge < -0.3 is 9.47 Å². The number of Topliss-reactive ketones (excluding diaryl/α,β-unsaturated/α-hetero) is 1. The van der Waals surface area contributed by atoms with Crippen molar-refractivity contribution < 1.29 is 23.5 Å². The Morgan fingerprint density at radius 1 is 1.29 bits per heavy atom. The Morgan fingerprint density at radius 2 is 1.94 bits per heavy atom. The summed E-state index contributed by atoms with van der Waals surface area (Å²) in [5.41, 5.74) is -0.229. The quantitative estimate of drug-likeness (QED) is 0.457. The molecule has 92 valence electrons. The molecule has 1 aromatic carbocycles. The van der Waals surface area contributed by atoms with Gasteiger partial charge in [-0.1, -0.05) is 6.07 Å². The molecule has 5 heteroatoms. The molecular weight excluding hydrogens is 227 g/mol. The topological polar surface area (TPSA) is 52.6 Å². The molecule has 4 nitrogen and oxygen atoms in total. The largest absolute Gasteiger partial charge is 0.496 e. The van der Waals surface area contributed by atoms with E-state index in [1.807, 2.05) is 0 Å². The maximum Gasteiger partial charge on any atom is 0.316 e. The second kappa shape index (κ2) is 5.43. The molecule has 0 amide bonds. The lowest BCUT2D eigenvalue weighted by atomic mass is 9.98. The molecule has 1 aromatic rings. The number of rotatable bonds is 4. The molecule has 0 saturated heterocycles. The van der Waals surface area contributed by atoms with Crippen LogP contribution in [0.25, 0.3) is 0 Å². The first-order valence-corrected chi connectivity index (χ1v) is 4.97. The van der Waals surface area contributed by atoms with Gasteiger partial charge in [-0.2, -0.15) is 0 Å². The summed E-state index contributed by atoms with van der Waals surface area (Å²) in [6, 6.07) is 4.02. The van der Waals surface area contributed by atoms with Crippen LogP contribution in [0.4, 0.5) is 4.39 Å². The van der Waals surface area contributed by atoms with Crippen molar-refractivity contribution in [3.8, 4) is 5.75 Å². The molecule has 0 spiro atoms. The molecule has 0 radical (unpaired) electrons. The molecular formula is C12H13FO4. The molecule has 1 rings (SSSR count). The standard InChI is InChI=1S/C12H13FO4/c1-7(12(15)17-3)11(14)10-8(13)5-4-6-9(10)16-2/h4-7H,1-3H3. The number of hydrogen-bond donors (Lipinski definition) is 0. The summed E-state index contributed by atoms with van der Waals surface area (Å²) in [6.07, 6.45) is 0. The number of benzene rings is 1. The first-order chi connectivity index (χ1) is 8.02. The predicted octanol–water partition coefficient (Wildman–Crippen LogP) is 1.83. The van der Waals surface area contributed by atoms with Gasteiger partial charge in [0.1, 0.15) is 17.5 Å². The Morgan fingerprint density at radius 3 is 2.47 bits per heavy atom. The van der Waals surface area contributed by atoms with Gasteiger partial charge in [0.15, 0.2) is 5.78 Å². The summed E-state index contributed by atoms with van der Waals surface area (Å²) in [7, 11) is 2.50. The van der Waals surface area contributed by atoms with Crippen LogP contribution in [-0.4, -0.2) is 26.0 Å². The fourth-order valence-electron chi connectivity index (χ4n) is 1.41. The molecule has 17 heavy (non-hydrogen) atoms. The summed E-state index contributed by atoms with van der Waals surface area (Å²) in [5.74, 6) is -3.05. The molecule has 0 bridgehead atoms. The van der Waals surface area contributed by atoms with E-state index < -0.39 is 23.5 Å². The van der Waals surface area contributed by atoms with Gasteiger partial charge in [0.2, 0.25) is 0 Å². The van der Waals surface area contributed by atoms with E-state index in [0.29, 0.717) is 0 Å². The average Bonchev–Trinajstić information content (AvgIpc) is 2.35. The molecule has 0 aromatic heterocycles. The maximum atomic E-state index is 13.6. The number of carbonyl (C=O) groups excluding carboxylic acids is 2. The van der Waals surface area contributed by atoms with Gasteiger partial charge >= 0.3 is 5.97 Å². The van der Waals surface area contributed by atoms with Crippen LogP contribution in [0.1, 0.15) is 17.3 Å². The third kappa shape index (κ3) is 2.61. The molecule has 0 aliphatic rings. The van der Waals surface area contributed by atoms with Gasteiger partial charge in [-0.15, -0.1) is 0 Å². The Bertz CT molecular complexity index is 442. The van der Waals surface area contributed by atoms with Crippen LogP contribution in [0.2, 0.25) is 0 Å². The fraction of sp³-hybridized carbons (Fsp3) is 0.333. The SMILES string of the molecule is COC(=O)C(C)C(=O)c1c(F)cccc1OC. The Hall–Kier alpha value is -1.91. The fourth-order valence-corrected chi connectivity index (χ4v) is 1.41. The Balaban J connectivity index is 3.16. The summed E-state index contributed by atoms with van der Waals surface area (Å²) < 4.78 is 22.9. The van der Waals surface area contributed by atoms with Crippen LogP contribution >= 0.6 is 0 Å². The minimum absolute atomic E-state index is 0.103. The third-order valence-electron chi connectivity index (χ3n) is 2.39. The summed E-state index contributed by atoms with van der Waals surface area (Å²) in [6.45, 7) is 1.36. The number of halogens is 1. The minimum Gasteiger partial charge on any atom is -0.496 e. The minimum atomic E-state index is -1.06. The lowest BCUT2D eigenvalue weighted by Crippen LogP contribution is -2.23. The summed E-state index contributed by atoms with van der Waals surface area (Å²) in [5, 5.41) is 0. The number of esters is 1. The Kier molecular flexibility index (Phi) is 4.20. The first-order valence-electron chi connectivity index (χ1n) is 4.97. The summed E-state index contributed by atoms with van der Waals surface area (Å²) in [4.78, 5) is 23.2. The number of carbonyl (C=O) groups is 2. The number of ketones is 1. The molecule has 0 fully saturated rings. The van der Waals surface area contributed by atoms with Crippen molar-refractivity contribution in [1.29, 1.82) is 0 Å². The zero-order valence-corrected chi connectivity index (χ0v) is 9.82.